The third kappa shape index (κ3) is 4.55. The highest BCUT2D eigenvalue weighted by atomic mass is 19.1. The van der Waals surface area contributed by atoms with Gasteiger partial charge in [-0.05, 0) is 36.2 Å². The Morgan fingerprint density at radius 3 is 2.52 bits per heavy atom. The zero-order chi connectivity index (χ0) is 15.1. The maximum atomic E-state index is 13.1. The summed E-state index contributed by atoms with van der Waals surface area (Å²) < 4.78 is 18.6. The van der Waals surface area contributed by atoms with Crippen LogP contribution in [0.2, 0.25) is 0 Å². The molecule has 0 aromatic heterocycles. The molecule has 3 nitrogen and oxygen atoms in total. The van der Waals surface area contributed by atoms with Gasteiger partial charge in [0.05, 0.1) is 6.61 Å². The van der Waals surface area contributed by atoms with Crippen molar-refractivity contribution in [3.05, 3.63) is 65.0 Å². The number of ether oxygens (including phenoxy) is 1. The van der Waals surface area contributed by atoms with Crippen molar-refractivity contribution >= 4 is 0 Å². The lowest BCUT2D eigenvalue weighted by Crippen LogP contribution is -2.14. The van der Waals surface area contributed by atoms with Crippen molar-refractivity contribution < 1.29 is 14.2 Å². The summed E-state index contributed by atoms with van der Waals surface area (Å²) in [7, 11) is 0. The molecular formula is C17H20FNO2. The van der Waals surface area contributed by atoms with E-state index in [0.717, 1.165) is 11.1 Å². The molecular weight excluding hydrogens is 269 g/mol. The van der Waals surface area contributed by atoms with Crippen molar-refractivity contribution in [2.45, 2.75) is 26.6 Å². The van der Waals surface area contributed by atoms with Gasteiger partial charge in [-0.2, -0.15) is 0 Å². The Kier molecular flexibility index (Phi) is 5.72. The highest BCUT2D eigenvalue weighted by molar-refractivity contribution is 5.32. The van der Waals surface area contributed by atoms with E-state index in [4.69, 9.17) is 4.74 Å². The monoisotopic (exact) mass is 289 g/mol. The number of nitrogens with one attached hydrogen (secondary N) is 1. The molecule has 0 spiro atoms. The fourth-order valence-corrected chi connectivity index (χ4v) is 2.11. The molecule has 0 bridgehead atoms. The van der Waals surface area contributed by atoms with E-state index in [2.05, 4.69) is 5.32 Å². The summed E-state index contributed by atoms with van der Waals surface area (Å²) in [5, 5.41) is 12.9. The van der Waals surface area contributed by atoms with Crippen LogP contribution in [0, 0.1) is 5.82 Å². The fraction of sp³-hybridized carbons (Fsp3) is 0.294. The van der Waals surface area contributed by atoms with Crippen molar-refractivity contribution in [1.29, 1.82) is 0 Å². The maximum absolute atomic E-state index is 13.1. The summed E-state index contributed by atoms with van der Waals surface area (Å²) in [6.07, 6.45) is 0. The Hall–Kier alpha value is -1.91. The summed E-state index contributed by atoms with van der Waals surface area (Å²) in [5.41, 5.74) is 2.83. The molecule has 0 aliphatic heterocycles. The van der Waals surface area contributed by atoms with Crippen LogP contribution in [-0.2, 0) is 24.4 Å². The first kappa shape index (κ1) is 15.5. The van der Waals surface area contributed by atoms with Crippen LogP contribution in [0.15, 0.2) is 42.5 Å². The third-order valence-corrected chi connectivity index (χ3v) is 3.25. The zero-order valence-corrected chi connectivity index (χ0v) is 12.1. The largest absolute Gasteiger partial charge is 0.508 e. The number of rotatable bonds is 7. The summed E-state index contributed by atoms with van der Waals surface area (Å²) in [4.78, 5) is 0. The molecule has 112 valence electrons. The molecule has 21 heavy (non-hydrogen) atoms. The van der Waals surface area contributed by atoms with Crippen LogP contribution < -0.4 is 5.32 Å². The van der Waals surface area contributed by atoms with Crippen LogP contribution in [-0.4, -0.2) is 11.7 Å². The molecule has 0 atom stereocenters. The van der Waals surface area contributed by atoms with Crippen molar-refractivity contribution in [2.24, 2.45) is 0 Å². The van der Waals surface area contributed by atoms with E-state index < -0.39 is 0 Å². The Morgan fingerprint density at radius 1 is 1.05 bits per heavy atom. The zero-order valence-electron chi connectivity index (χ0n) is 12.1. The summed E-state index contributed by atoms with van der Waals surface area (Å²) >= 11 is 0. The number of phenolic OH excluding ortho intramolecular Hbond substituents is 1. The van der Waals surface area contributed by atoms with Crippen molar-refractivity contribution in [3.8, 4) is 5.75 Å². The molecule has 0 radical (unpaired) electrons. The molecule has 0 aliphatic carbocycles. The summed E-state index contributed by atoms with van der Waals surface area (Å²) in [6, 6.07) is 12.0. The highest BCUT2D eigenvalue weighted by Gasteiger charge is 2.05. The molecule has 4 heteroatoms. The van der Waals surface area contributed by atoms with Gasteiger partial charge in [0.1, 0.15) is 11.6 Å². The molecule has 0 saturated carbocycles. The number of hydrogen-bond donors (Lipinski definition) is 2. The van der Waals surface area contributed by atoms with E-state index >= 15 is 0 Å². The number of hydrogen-bond acceptors (Lipinski definition) is 3. The number of halogens is 1. The minimum Gasteiger partial charge on any atom is -0.508 e. The van der Waals surface area contributed by atoms with Crippen LogP contribution in [0.4, 0.5) is 4.39 Å². The van der Waals surface area contributed by atoms with E-state index in [9.17, 15) is 9.50 Å². The minimum atomic E-state index is -0.346. The SMILES string of the molecule is CCOCc1ccccc1CNCc1cc(F)ccc1O. The molecule has 2 aromatic rings. The maximum Gasteiger partial charge on any atom is 0.123 e. The van der Waals surface area contributed by atoms with E-state index in [1.165, 1.54) is 18.2 Å². The van der Waals surface area contributed by atoms with E-state index in [1.807, 2.05) is 31.2 Å². The molecule has 2 rings (SSSR count). The van der Waals surface area contributed by atoms with Gasteiger partial charge in [0.15, 0.2) is 0 Å². The van der Waals surface area contributed by atoms with Gasteiger partial charge in [0.25, 0.3) is 0 Å². The van der Waals surface area contributed by atoms with Crippen LogP contribution in [0.1, 0.15) is 23.6 Å². The van der Waals surface area contributed by atoms with E-state index in [1.54, 1.807) is 0 Å². The smallest absolute Gasteiger partial charge is 0.123 e. The van der Waals surface area contributed by atoms with Crippen molar-refractivity contribution in [1.82, 2.24) is 5.32 Å². The van der Waals surface area contributed by atoms with Gasteiger partial charge in [-0.25, -0.2) is 4.39 Å². The summed E-state index contributed by atoms with van der Waals surface area (Å²) in [6.45, 7) is 4.28. The van der Waals surface area contributed by atoms with Crippen molar-refractivity contribution in [3.63, 3.8) is 0 Å². The second-order valence-electron chi connectivity index (χ2n) is 4.78. The Morgan fingerprint density at radius 2 is 1.76 bits per heavy atom. The first-order valence-corrected chi connectivity index (χ1v) is 7.03. The van der Waals surface area contributed by atoms with Crippen LogP contribution in [0.3, 0.4) is 0 Å². The van der Waals surface area contributed by atoms with Gasteiger partial charge in [-0.3, -0.25) is 0 Å². The lowest BCUT2D eigenvalue weighted by molar-refractivity contribution is 0.133. The second-order valence-corrected chi connectivity index (χ2v) is 4.78. The Balaban J connectivity index is 1.95. The number of phenols is 1. The molecule has 0 saturated heterocycles. The molecule has 0 unspecified atom stereocenters. The van der Waals surface area contributed by atoms with Gasteiger partial charge >= 0.3 is 0 Å². The highest BCUT2D eigenvalue weighted by Crippen LogP contribution is 2.18. The van der Waals surface area contributed by atoms with Gasteiger partial charge in [-0.1, -0.05) is 24.3 Å². The Bertz CT molecular complexity index is 587. The van der Waals surface area contributed by atoms with Gasteiger partial charge in [0, 0.05) is 25.3 Å². The molecule has 2 N–H and O–H groups in total. The first-order chi connectivity index (χ1) is 10.2. The average molecular weight is 289 g/mol. The predicted molar refractivity (Wildman–Crippen MR) is 80.4 cm³/mol. The molecule has 0 heterocycles. The standard InChI is InChI=1S/C17H20FNO2/c1-2-21-12-14-6-4-3-5-13(14)10-19-11-15-9-16(18)7-8-17(15)20/h3-9,19-20H,2,10-12H2,1H3. The molecule has 0 fully saturated rings. The van der Waals surface area contributed by atoms with Gasteiger partial charge in [-0.15, -0.1) is 0 Å². The van der Waals surface area contributed by atoms with Crippen molar-refractivity contribution in [2.75, 3.05) is 6.61 Å². The molecule has 2 aromatic carbocycles. The van der Waals surface area contributed by atoms with E-state index in [-0.39, 0.29) is 11.6 Å². The third-order valence-electron chi connectivity index (χ3n) is 3.25. The second kappa shape index (κ2) is 7.76. The molecule has 0 amide bonds. The number of aromatic hydroxyl groups is 1. The normalized spacial score (nSPS) is 10.8. The van der Waals surface area contributed by atoms with Gasteiger partial charge < -0.3 is 15.2 Å². The quantitative estimate of drug-likeness (QED) is 0.821. The van der Waals surface area contributed by atoms with E-state index in [0.29, 0.717) is 31.9 Å². The lowest BCUT2D eigenvalue weighted by Gasteiger charge is -2.11. The van der Waals surface area contributed by atoms with Crippen LogP contribution >= 0.6 is 0 Å². The van der Waals surface area contributed by atoms with Crippen LogP contribution in [0.25, 0.3) is 0 Å². The molecule has 0 aliphatic rings. The first-order valence-electron chi connectivity index (χ1n) is 7.03. The summed E-state index contributed by atoms with van der Waals surface area (Å²) in [5.74, 6) is -0.243. The fourth-order valence-electron chi connectivity index (χ4n) is 2.11. The average Bonchev–Trinajstić information content (AvgIpc) is 2.50. The predicted octanol–water partition coefficient (Wildman–Crippen LogP) is 3.36. The van der Waals surface area contributed by atoms with Gasteiger partial charge in [0.2, 0.25) is 0 Å². The number of benzene rings is 2. The topological polar surface area (TPSA) is 41.5 Å². The Labute approximate surface area is 124 Å². The minimum absolute atomic E-state index is 0.103. The lowest BCUT2D eigenvalue weighted by atomic mass is 10.1. The van der Waals surface area contributed by atoms with Crippen LogP contribution in [0.5, 0.6) is 5.75 Å².